The van der Waals surface area contributed by atoms with E-state index in [2.05, 4.69) is 21.2 Å². The lowest BCUT2D eigenvalue weighted by molar-refractivity contribution is 0.182. The van der Waals surface area contributed by atoms with E-state index in [4.69, 9.17) is 5.11 Å². The van der Waals surface area contributed by atoms with E-state index in [0.717, 1.165) is 10.0 Å². The average molecular weight is 272 g/mol. The Morgan fingerprint density at radius 1 is 1.47 bits per heavy atom. The molecule has 3 nitrogen and oxygen atoms in total. The molecule has 0 fully saturated rings. The molecule has 0 aliphatic heterocycles. The summed E-state index contributed by atoms with van der Waals surface area (Å²) in [6.07, 6.45) is -0.340. The number of carboxylic acid groups (broad SMARTS) is 1. The molecule has 15 heavy (non-hydrogen) atoms. The fraction of sp³-hybridized carbons (Fsp3) is 0.364. The van der Waals surface area contributed by atoms with Gasteiger partial charge in [0, 0.05) is 10.0 Å². The Kier molecular flexibility index (Phi) is 3.74. The van der Waals surface area contributed by atoms with E-state index in [-0.39, 0.29) is 0 Å². The molecule has 4 heteroatoms. The van der Waals surface area contributed by atoms with Crippen molar-refractivity contribution < 1.29 is 9.90 Å². The molecule has 0 atom stereocenters. The molecule has 0 aliphatic carbocycles. The lowest BCUT2D eigenvalue weighted by atomic mass is 9.95. The minimum Gasteiger partial charge on any atom is -0.465 e. The zero-order valence-corrected chi connectivity index (χ0v) is 10.3. The number of benzene rings is 1. The molecule has 0 saturated heterocycles. The number of halogens is 1. The summed E-state index contributed by atoms with van der Waals surface area (Å²) in [4.78, 5) is 10.6. The molecule has 1 aromatic rings. The lowest BCUT2D eigenvalue weighted by Gasteiger charge is -2.25. The van der Waals surface area contributed by atoms with Crippen LogP contribution in [0.25, 0.3) is 0 Å². The van der Waals surface area contributed by atoms with Crippen LogP contribution >= 0.6 is 15.9 Å². The van der Waals surface area contributed by atoms with Gasteiger partial charge in [-0.2, -0.15) is 0 Å². The van der Waals surface area contributed by atoms with Crippen molar-refractivity contribution in [2.45, 2.75) is 25.8 Å². The molecular weight excluding hydrogens is 258 g/mol. The fourth-order valence-electron chi connectivity index (χ4n) is 1.45. The van der Waals surface area contributed by atoms with Crippen LogP contribution in [0.1, 0.15) is 19.4 Å². The molecule has 0 aromatic heterocycles. The second-order valence-electron chi connectivity index (χ2n) is 4.08. The van der Waals surface area contributed by atoms with Gasteiger partial charge >= 0.3 is 6.09 Å². The molecule has 0 aliphatic rings. The Morgan fingerprint density at radius 3 is 2.60 bits per heavy atom. The van der Waals surface area contributed by atoms with Gasteiger partial charge in [-0.05, 0) is 31.9 Å². The van der Waals surface area contributed by atoms with Crippen LogP contribution < -0.4 is 5.32 Å². The summed E-state index contributed by atoms with van der Waals surface area (Å²) >= 11 is 3.44. The van der Waals surface area contributed by atoms with Crippen LogP contribution in [0.3, 0.4) is 0 Å². The fourth-order valence-corrected chi connectivity index (χ4v) is 1.88. The smallest absolute Gasteiger partial charge is 0.405 e. The maximum atomic E-state index is 10.6. The van der Waals surface area contributed by atoms with Gasteiger partial charge in [0.15, 0.2) is 0 Å². The minimum atomic E-state index is -0.993. The van der Waals surface area contributed by atoms with Gasteiger partial charge in [0.05, 0.1) is 0 Å². The first kappa shape index (κ1) is 12.0. The van der Waals surface area contributed by atoms with Crippen molar-refractivity contribution in [3.63, 3.8) is 0 Å². The first-order valence-electron chi connectivity index (χ1n) is 4.65. The highest BCUT2D eigenvalue weighted by Gasteiger charge is 2.21. The summed E-state index contributed by atoms with van der Waals surface area (Å²) in [5.41, 5.74) is 0.631. The van der Waals surface area contributed by atoms with Crippen molar-refractivity contribution in [1.82, 2.24) is 5.32 Å². The molecule has 0 spiro atoms. The highest BCUT2D eigenvalue weighted by atomic mass is 79.9. The van der Waals surface area contributed by atoms with Crippen molar-refractivity contribution in [3.8, 4) is 0 Å². The van der Waals surface area contributed by atoms with Gasteiger partial charge in [0.25, 0.3) is 0 Å². The summed E-state index contributed by atoms with van der Waals surface area (Å²) in [6.45, 7) is 3.72. The molecule has 0 unspecified atom stereocenters. The lowest BCUT2D eigenvalue weighted by Crippen LogP contribution is -2.44. The highest BCUT2D eigenvalue weighted by molar-refractivity contribution is 9.10. The molecular formula is C11H14BrNO2. The van der Waals surface area contributed by atoms with Crippen LogP contribution in [0, 0.1) is 0 Å². The Labute approximate surface area is 97.6 Å². The van der Waals surface area contributed by atoms with Crippen LogP contribution in [-0.4, -0.2) is 16.7 Å². The first-order valence-corrected chi connectivity index (χ1v) is 5.44. The number of rotatable bonds is 3. The van der Waals surface area contributed by atoms with Gasteiger partial charge in [-0.3, -0.25) is 0 Å². The predicted molar refractivity (Wildman–Crippen MR) is 63.1 cm³/mol. The van der Waals surface area contributed by atoms with E-state index in [9.17, 15) is 4.79 Å². The van der Waals surface area contributed by atoms with Crippen LogP contribution in [0.2, 0.25) is 0 Å². The predicted octanol–water partition coefficient (Wildman–Crippen LogP) is 3.04. The second kappa shape index (κ2) is 4.66. The third-order valence-corrected chi connectivity index (χ3v) is 2.81. The van der Waals surface area contributed by atoms with E-state index >= 15 is 0 Å². The van der Waals surface area contributed by atoms with Crippen LogP contribution in [-0.2, 0) is 6.42 Å². The molecule has 0 radical (unpaired) electrons. The van der Waals surface area contributed by atoms with Crippen LogP contribution in [0.15, 0.2) is 28.7 Å². The molecule has 82 valence electrons. The molecule has 1 aromatic carbocycles. The number of amides is 1. The largest absolute Gasteiger partial charge is 0.465 e. The number of nitrogens with one attached hydrogen (secondary N) is 1. The Balaban J connectivity index is 2.77. The third kappa shape index (κ3) is 3.91. The van der Waals surface area contributed by atoms with Crippen molar-refractivity contribution in [1.29, 1.82) is 0 Å². The third-order valence-electron chi connectivity index (χ3n) is 2.04. The number of hydrogen-bond donors (Lipinski definition) is 2. The molecule has 1 rings (SSSR count). The van der Waals surface area contributed by atoms with E-state index in [1.807, 2.05) is 38.1 Å². The zero-order valence-electron chi connectivity index (χ0n) is 8.75. The summed E-state index contributed by atoms with van der Waals surface area (Å²) in [6, 6.07) is 7.81. The van der Waals surface area contributed by atoms with Gasteiger partial charge < -0.3 is 10.4 Å². The molecule has 2 N–H and O–H groups in total. The SMILES string of the molecule is CC(C)(Cc1ccccc1Br)NC(=O)O. The van der Waals surface area contributed by atoms with Crippen molar-refractivity contribution in [3.05, 3.63) is 34.3 Å². The molecule has 0 saturated carbocycles. The second-order valence-corrected chi connectivity index (χ2v) is 4.94. The topological polar surface area (TPSA) is 49.3 Å². The quantitative estimate of drug-likeness (QED) is 0.888. The van der Waals surface area contributed by atoms with Crippen molar-refractivity contribution in [2.24, 2.45) is 0 Å². The maximum Gasteiger partial charge on any atom is 0.405 e. The highest BCUT2D eigenvalue weighted by Crippen LogP contribution is 2.21. The van der Waals surface area contributed by atoms with Crippen LogP contribution in [0.5, 0.6) is 0 Å². The Morgan fingerprint density at radius 2 is 2.07 bits per heavy atom. The average Bonchev–Trinajstić information content (AvgIpc) is 2.06. The summed E-state index contributed by atoms with van der Waals surface area (Å²) < 4.78 is 1.00. The van der Waals surface area contributed by atoms with Crippen molar-refractivity contribution >= 4 is 22.0 Å². The van der Waals surface area contributed by atoms with Gasteiger partial charge in [0.2, 0.25) is 0 Å². The molecule has 0 bridgehead atoms. The van der Waals surface area contributed by atoms with E-state index in [0.29, 0.717) is 6.42 Å². The standard InChI is InChI=1S/C11H14BrNO2/c1-11(2,13-10(14)15)7-8-5-3-4-6-9(8)12/h3-6,13H,7H2,1-2H3,(H,14,15). The summed E-state index contributed by atoms with van der Waals surface area (Å²) in [5, 5.41) is 11.2. The van der Waals surface area contributed by atoms with E-state index < -0.39 is 11.6 Å². The van der Waals surface area contributed by atoms with E-state index in [1.165, 1.54) is 0 Å². The van der Waals surface area contributed by atoms with Crippen molar-refractivity contribution in [2.75, 3.05) is 0 Å². The van der Waals surface area contributed by atoms with Crippen LogP contribution in [0.4, 0.5) is 4.79 Å². The summed E-state index contributed by atoms with van der Waals surface area (Å²) in [5.74, 6) is 0. The molecule has 0 heterocycles. The van der Waals surface area contributed by atoms with Gasteiger partial charge in [-0.15, -0.1) is 0 Å². The Bertz CT molecular complexity index is 363. The Hall–Kier alpha value is -1.03. The first-order chi connectivity index (χ1) is 6.91. The summed E-state index contributed by atoms with van der Waals surface area (Å²) in [7, 11) is 0. The minimum absolute atomic E-state index is 0.463. The van der Waals surface area contributed by atoms with Gasteiger partial charge in [-0.1, -0.05) is 34.1 Å². The van der Waals surface area contributed by atoms with Gasteiger partial charge in [-0.25, -0.2) is 4.79 Å². The van der Waals surface area contributed by atoms with Gasteiger partial charge in [0.1, 0.15) is 0 Å². The number of carbonyl (C=O) groups is 1. The normalized spacial score (nSPS) is 11.1. The molecule has 1 amide bonds. The monoisotopic (exact) mass is 271 g/mol. The maximum absolute atomic E-state index is 10.6. The van der Waals surface area contributed by atoms with E-state index in [1.54, 1.807) is 0 Å². The number of hydrogen-bond acceptors (Lipinski definition) is 1. The zero-order chi connectivity index (χ0) is 11.5.